The predicted molar refractivity (Wildman–Crippen MR) is 81.5 cm³/mol. The molecule has 1 heterocycles. The van der Waals surface area contributed by atoms with Gasteiger partial charge in [0.1, 0.15) is 5.69 Å². The van der Waals surface area contributed by atoms with E-state index in [1.165, 1.54) is 0 Å². The minimum Gasteiger partial charge on any atom is -0.334 e. The van der Waals surface area contributed by atoms with Gasteiger partial charge >= 0.3 is 12.2 Å². The first-order chi connectivity index (χ1) is 10.7. The number of amides is 2. The highest BCUT2D eigenvalue weighted by Gasteiger charge is 2.31. The van der Waals surface area contributed by atoms with Gasteiger partial charge in [-0.25, -0.2) is 4.79 Å². The van der Waals surface area contributed by atoms with Crippen LogP contribution in [0.1, 0.15) is 26.3 Å². The monoisotopic (exact) mass is 334 g/mol. The third-order valence-corrected chi connectivity index (χ3v) is 3.28. The fourth-order valence-corrected chi connectivity index (χ4v) is 2.04. The summed E-state index contributed by atoms with van der Waals surface area (Å²) < 4.78 is 37.8. The molecule has 1 aromatic rings. The van der Waals surface area contributed by atoms with E-state index in [9.17, 15) is 22.8 Å². The number of likely N-dealkylation sites (N-methyl/N-ethyl adjacent to an activating group) is 1. The van der Waals surface area contributed by atoms with Gasteiger partial charge in [0.05, 0.1) is 5.56 Å². The van der Waals surface area contributed by atoms with Gasteiger partial charge in [-0.1, -0.05) is 13.8 Å². The summed E-state index contributed by atoms with van der Waals surface area (Å²) in [6.07, 6.45) is -4.04. The predicted octanol–water partition coefficient (Wildman–Crippen LogP) is 2.25. The van der Waals surface area contributed by atoms with Gasteiger partial charge < -0.3 is 20.5 Å². The molecule has 1 atom stereocenters. The summed E-state index contributed by atoms with van der Waals surface area (Å²) in [4.78, 5) is 27.4. The van der Waals surface area contributed by atoms with E-state index in [2.05, 4.69) is 15.5 Å². The lowest BCUT2D eigenvalue weighted by Gasteiger charge is -2.23. The number of hydrogen-bond donors (Lipinski definition) is 3. The average molecular weight is 334 g/mol. The maximum atomic E-state index is 12.6. The lowest BCUT2D eigenvalue weighted by molar-refractivity contribution is -0.137. The van der Waals surface area contributed by atoms with Crippen molar-refractivity contribution in [3.63, 3.8) is 0 Å². The molecule has 6 nitrogen and oxygen atoms in total. The molecule has 0 saturated carbocycles. The Hall–Kier alpha value is -2.03. The lowest BCUT2D eigenvalue weighted by Crippen LogP contribution is -2.44. The summed E-state index contributed by atoms with van der Waals surface area (Å²) in [5.74, 6) is 0. The van der Waals surface area contributed by atoms with E-state index in [-0.39, 0.29) is 6.04 Å². The van der Waals surface area contributed by atoms with Crippen LogP contribution in [0, 0.1) is 0 Å². The summed E-state index contributed by atoms with van der Waals surface area (Å²) >= 11 is 0. The summed E-state index contributed by atoms with van der Waals surface area (Å²) in [5, 5.41) is 4.74. The number of H-pyrrole nitrogens is 1. The van der Waals surface area contributed by atoms with Crippen LogP contribution in [-0.4, -0.2) is 41.6 Å². The number of aromatic nitrogens is 1. The van der Waals surface area contributed by atoms with Crippen molar-refractivity contribution in [3.8, 4) is 0 Å². The van der Waals surface area contributed by atoms with Crippen molar-refractivity contribution in [1.29, 1.82) is 0 Å². The fourth-order valence-electron chi connectivity index (χ4n) is 2.04. The number of halogens is 3. The molecule has 1 unspecified atom stereocenters. The molecule has 0 aliphatic rings. The van der Waals surface area contributed by atoms with Crippen molar-refractivity contribution in [2.24, 2.45) is 0 Å². The number of alkyl halides is 3. The maximum Gasteiger partial charge on any atom is 0.417 e. The molecule has 0 aliphatic heterocycles. The first-order valence-electron chi connectivity index (χ1n) is 7.27. The fraction of sp³-hybridized carbons (Fsp3) is 0.571. The number of anilines is 1. The third-order valence-electron chi connectivity index (χ3n) is 3.28. The largest absolute Gasteiger partial charge is 0.417 e. The minimum atomic E-state index is -4.60. The first-order valence-corrected chi connectivity index (χ1v) is 7.27. The van der Waals surface area contributed by atoms with Crippen molar-refractivity contribution in [1.82, 2.24) is 15.2 Å². The molecule has 0 saturated heterocycles. The zero-order chi connectivity index (χ0) is 17.6. The summed E-state index contributed by atoms with van der Waals surface area (Å²) in [6.45, 7) is 7.97. The Morgan fingerprint density at radius 2 is 1.96 bits per heavy atom. The van der Waals surface area contributed by atoms with Gasteiger partial charge in [0.25, 0.3) is 5.56 Å². The van der Waals surface area contributed by atoms with Gasteiger partial charge in [0.2, 0.25) is 0 Å². The molecule has 9 heteroatoms. The summed E-state index contributed by atoms with van der Waals surface area (Å²) in [7, 11) is 0. The highest BCUT2D eigenvalue weighted by molar-refractivity contribution is 5.89. The molecular weight excluding hydrogens is 313 g/mol. The molecule has 0 radical (unpaired) electrons. The molecular formula is C14H21F3N4O2. The lowest BCUT2D eigenvalue weighted by atomic mass is 10.2. The van der Waals surface area contributed by atoms with Gasteiger partial charge in [-0.05, 0) is 26.1 Å². The molecule has 1 rings (SSSR count). The highest BCUT2D eigenvalue weighted by atomic mass is 19.4. The Kier molecular flexibility index (Phi) is 6.62. The zero-order valence-corrected chi connectivity index (χ0v) is 13.3. The number of aromatic amines is 1. The van der Waals surface area contributed by atoms with Crippen LogP contribution in [0.4, 0.5) is 23.7 Å². The Morgan fingerprint density at radius 3 is 2.48 bits per heavy atom. The van der Waals surface area contributed by atoms with Crippen LogP contribution in [0.2, 0.25) is 0 Å². The van der Waals surface area contributed by atoms with Gasteiger partial charge in [0.15, 0.2) is 0 Å². The quantitative estimate of drug-likeness (QED) is 0.747. The van der Waals surface area contributed by atoms with E-state index in [4.69, 9.17) is 0 Å². The van der Waals surface area contributed by atoms with E-state index in [1.807, 2.05) is 18.8 Å². The van der Waals surface area contributed by atoms with Crippen LogP contribution in [0.3, 0.4) is 0 Å². The van der Waals surface area contributed by atoms with Crippen molar-refractivity contribution in [3.05, 3.63) is 28.2 Å². The second kappa shape index (κ2) is 8.00. The van der Waals surface area contributed by atoms with Crippen LogP contribution in [0.25, 0.3) is 0 Å². The third kappa shape index (κ3) is 5.93. The van der Waals surface area contributed by atoms with E-state index >= 15 is 0 Å². The molecule has 0 fully saturated rings. The van der Waals surface area contributed by atoms with E-state index in [1.54, 1.807) is 6.92 Å². The smallest absolute Gasteiger partial charge is 0.334 e. The number of hydrogen-bond acceptors (Lipinski definition) is 3. The van der Waals surface area contributed by atoms with Crippen molar-refractivity contribution < 1.29 is 18.0 Å². The van der Waals surface area contributed by atoms with Gasteiger partial charge in [-0.15, -0.1) is 0 Å². The molecule has 2 amide bonds. The van der Waals surface area contributed by atoms with Crippen LogP contribution in [0.5, 0.6) is 0 Å². The number of rotatable bonds is 6. The second-order valence-corrected chi connectivity index (χ2v) is 5.11. The van der Waals surface area contributed by atoms with E-state index in [0.717, 1.165) is 13.1 Å². The van der Waals surface area contributed by atoms with Crippen LogP contribution in [0.15, 0.2) is 17.1 Å². The van der Waals surface area contributed by atoms with E-state index < -0.39 is 29.0 Å². The van der Waals surface area contributed by atoms with Gasteiger partial charge in [-0.2, -0.15) is 13.2 Å². The number of carbonyl (C=O) groups is 1. The summed E-state index contributed by atoms with van der Waals surface area (Å²) in [5.41, 5.74) is -2.29. The maximum absolute atomic E-state index is 12.6. The van der Waals surface area contributed by atoms with Crippen LogP contribution in [-0.2, 0) is 6.18 Å². The number of pyridine rings is 1. The Balaban J connectivity index is 2.72. The normalized spacial score (nSPS) is 13.0. The topological polar surface area (TPSA) is 77.2 Å². The molecule has 23 heavy (non-hydrogen) atoms. The molecule has 0 aromatic carbocycles. The standard InChI is InChI=1S/C14H21F3N4O2/c1-4-21(5-2)8-9(3)19-13(23)20-11-6-10(14(15,16)17)7-18-12(11)22/h6-7,9H,4-5,8H2,1-3H3,(H,18,22)(H2,19,20,23). The molecule has 3 N–H and O–H groups in total. The van der Waals surface area contributed by atoms with Crippen LogP contribution < -0.4 is 16.2 Å². The number of nitrogens with zero attached hydrogens (tertiary/aromatic N) is 1. The molecule has 0 bridgehead atoms. The molecule has 0 aliphatic carbocycles. The highest BCUT2D eigenvalue weighted by Crippen LogP contribution is 2.29. The van der Waals surface area contributed by atoms with Crippen molar-refractivity contribution in [2.45, 2.75) is 33.0 Å². The second-order valence-electron chi connectivity index (χ2n) is 5.11. The number of urea groups is 1. The van der Waals surface area contributed by atoms with Gasteiger partial charge in [0, 0.05) is 18.8 Å². The SMILES string of the molecule is CCN(CC)CC(C)NC(=O)Nc1cc(C(F)(F)F)c[nH]c1=O. The Labute approximate surface area is 132 Å². The number of carbonyl (C=O) groups excluding carboxylic acids is 1. The van der Waals surface area contributed by atoms with Gasteiger partial charge in [-0.3, -0.25) is 4.79 Å². The molecule has 0 spiro atoms. The Morgan fingerprint density at radius 1 is 1.35 bits per heavy atom. The van der Waals surface area contributed by atoms with Crippen molar-refractivity contribution >= 4 is 11.7 Å². The molecule has 1 aromatic heterocycles. The zero-order valence-electron chi connectivity index (χ0n) is 13.3. The van der Waals surface area contributed by atoms with Crippen molar-refractivity contribution in [2.75, 3.05) is 25.0 Å². The first kappa shape index (κ1) is 19.0. The average Bonchev–Trinajstić information content (AvgIpc) is 2.45. The minimum absolute atomic E-state index is 0.222. The number of nitrogens with one attached hydrogen (secondary N) is 3. The Bertz CT molecular complexity index is 582. The van der Waals surface area contributed by atoms with Crippen LogP contribution >= 0.6 is 0 Å². The van der Waals surface area contributed by atoms with E-state index in [0.29, 0.717) is 18.8 Å². The summed E-state index contributed by atoms with van der Waals surface area (Å²) in [6, 6.07) is -0.345. The molecule has 130 valence electrons.